The number of carbonyl (C=O) groups is 1. The van der Waals surface area contributed by atoms with E-state index in [0.29, 0.717) is 30.1 Å². The monoisotopic (exact) mass is 452 g/mol. The zero-order chi connectivity index (χ0) is 18.2. The van der Waals surface area contributed by atoms with Crippen LogP contribution in [0.1, 0.15) is 12.8 Å². The first kappa shape index (κ1) is 18.1. The molecule has 0 spiro atoms. The number of rotatable bonds is 5. The van der Waals surface area contributed by atoms with Gasteiger partial charge in [-0.25, -0.2) is 0 Å². The van der Waals surface area contributed by atoms with Crippen LogP contribution in [0.25, 0.3) is 11.4 Å². The van der Waals surface area contributed by atoms with Gasteiger partial charge in [0.1, 0.15) is 0 Å². The number of nitrogens with zero attached hydrogens (tertiary/aromatic N) is 2. The van der Waals surface area contributed by atoms with Gasteiger partial charge in [0.05, 0.1) is 0 Å². The molecule has 0 amide bonds. The number of halogens is 1. The zero-order valence-electron chi connectivity index (χ0n) is 14.8. The van der Waals surface area contributed by atoms with Gasteiger partial charge in [-0.3, -0.25) is 0 Å². The van der Waals surface area contributed by atoms with E-state index in [0.717, 1.165) is 3.71 Å². The molecule has 1 fully saturated rings. The normalized spacial score (nSPS) is 15.6. The molecule has 0 aliphatic heterocycles. The minimum absolute atomic E-state index is 0.311. The Morgan fingerprint density at radius 3 is 2.32 bits per heavy atom. The van der Waals surface area contributed by atoms with Crippen molar-refractivity contribution in [2.45, 2.75) is 33.3 Å². The second-order valence-electron chi connectivity index (χ2n) is 7.26. The number of esters is 1. The van der Waals surface area contributed by atoms with Gasteiger partial charge >= 0.3 is 150 Å². The Hall–Kier alpha value is -1.70. The van der Waals surface area contributed by atoms with Gasteiger partial charge in [0.25, 0.3) is 0 Å². The first-order chi connectivity index (χ1) is 11.7. The van der Waals surface area contributed by atoms with Crippen LogP contribution in [0.15, 0.2) is 30.3 Å². The molecular formula is C18H21FN2O3Sn. The summed E-state index contributed by atoms with van der Waals surface area (Å²) in [6, 6.07) is 7.88. The quantitative estimate of drug-likeness (QED) is 0.517. The first-order valence-electron chi connectivity index (χ1n) is 8.16. The Morgan fingerprint density at radius 2 is 1.80 bits per heavy atom. The summed E-state index contributed by atoms with van der Waals surface area (Å²) < 4.78 is 24.9. The Bertz CT molecular complexity index is 799. The van der Waals surface area contributed by atoms with Crippen molar-refractivity contribution in [2.75, 3.05) is 7.11 Å². The van der Waals surface area contributed by atoms with Crippen LogP contribution in [0, 0.1) is 5.82 Å². The summed E-state index contributed by atoms with van der Waals surface area (Å²) in [5.74, 6) is 0.169. The maximum atomic E-state index is 13.2. The van der Waals surface area contributed by atoms with Crippen LogP contribution in [-0.4, -0.2) is 47.0 Å². The molecule has 2 aromatic rings. The molecule has 3 rings (SSSR count). The van der Waals surface area contributed by atoms with Gasteiger partial charge in [-0.05, 0) is 0 Å². The molecule has 1 aliphatic carbocycles. The van der Waals surface area contributed by atoms with E-state index in [-0.39, 0.29) is 11.8 Å². The van der Waals surface area contributed by atoms with Gasteiger partial charge in [-0.2, -0.15) is 0 Å². The molecule has 25 heavy (non-hydrogen) atoms. The molecule has 0 saturated heterocycles. The number of aromatic nitrogens is 2. The summed E-state index contributed by atoms with van der Waals surface area (Å²) in [4.78, 5) is 27.8. The van der Waals surface area contributed by atoms with Gasteiger partial charge in [0, 0.05) is 0 Å². The molecule has 0 N–H and O–H groups in total. The van der Waals surface area contributed by atoms with E-state index in [1.165, 1.54) is 19.2 Å². The zero-order valence-corrected chi connectivity index (χ0v) is 17.7. The fourth-order valence-electron chi connectivity index (χ4n) is 2.44. The number of methoxy groups -OCH3 is 1. The van der Waals surface area contributed by atoms with Crippen molar-refractivity contribution in [3.05, 3.63) is 36.1 Å². The van der Waals surface area contributed by atoms with Crippen LogP contribution in [0.5, 0.6) is 5.88 Å². The molecule has 0 bridgehead atoms. The fraction of sp³-hybridized carbons (Fsp3) is 0.389. The summed E-state index contributed by atoms with van der Waals surface area (Å²) in [7, 11) is 1.35. The number of hydrogen-bond donors (Lipinski definition) is 0. The maximum absolute atomic E-state index is 13.2. The van der Waals surface area contributed by atoms with Crippen LogP contribution in [0.2, 0.25) is 14.8 Å². The number of ether oxygens (including phenoxy) is 2. The molecule has 0 atom stereocenters. The summed E-state index contributed by atoms with van der Waals surface area (Å²) in [6.07, 6.45) is 1.23. The van der Waals surface area contributed by atoms with Gasteiger partial charge in [-0.15, -0.1) is 0 Å². The second-order valence-corrected chi connectivity index (χ2v) is 21.6. The molecule has 132 valence electrons. The van der Waals surface area contributed by atoms with Gasteiger partial charge in [0.15, 0.2) is 0 Å². The third-order valence-electron chi connectivity index (χ3n) is 4.13. The third kappa shape index (κ3) is 3.94. The van der Waals surface area contributed by atoms with Gasteiger partial charge < -0.3 is 0 Å². The molecular weight excluding hydrogens is 430 g/mol. The average Bonchev–Trinajstić information content (AvgIpc) is 3.34. The van der Waals surface area contributed by atoms with E-state index in [1.54, 1.807) is 12.1 Å². The minimum atomic E-state index is -2.53. The summed E-state index contributed by atoms with van der Waals surface area (Å²) in [5, 5.41) is 0. The molecule has 7 heteroatoms. The van der Waals surface area contributed by atoms with Crippen molar-refractivity contribution < 1.29 is 18.7 Å². The molecule has 1 aromatic carbocycles. The van der Waals surface area contributed by atoms with Crippen molar-refractivity contribution in [3.8, 4) is 17.3 Å². The standard InChI is InChI=1S/C15H12FN2O3.3CH3.Sn/c1-20-14(19)15(7-8-15)21-12-6-9-17-13(18-12)10-2-4-11(16)5-3-10;;;;/h2-6H,7-8H2,1H3;3*1H3;. The molecule has 1 aromatic heterocycles. The van der Waals surface area contributed by atoms with Crippen LogP contribution in [-0.2, 0) is 9.53 Å². The molecule has 0 radical (unpaired) electrons. The van der Waals surface area contributed by atoms with E-state index >= 15 is 0 Å². The van der Waals surface area contributed by atoms with Crippen molar-refractivity contribution >= 4 is 28.1 Å². The van der Waals surface area contributed by atoms with Crippen LogP contribution in [0.3, 0.4) is 0 Å². The number of benzene rings is 1. The average molecular weight is 451 g/mol. The molecule has 1 aliphatic rings. The van der Waals surface area contributed by atoms with Crippen molar-refractivity contribution in [1.82, 2.24) is 9.97 Å². The predicted molar refractivity (Wildman–Crippen MR) is 95.0 cm³/mol. The first-order valence-corrected chi connectivity index (χ1v) is 18.2. The summed E-state index contributed by atoms with van der Waals surface area (Å²) >= 11 is -2.53. The summed E-state index contributed by atoms with van der Waals surface area (Å²) in [6.45, 7) is 0. The van der Waals surface area contributed by atoms with E-state index < -0.39 is 24.0 Å². The van der Waals surface area contributed by atoms with E-state index in [1.807, 2.05) is 6.07 Å². The van der Waals surface area contributed by atoms with Gasteiger partial charge in [0.2, 0.25) is 0 Å². The van der Waals surface area contributed by atoms with Crippen molar-refractivity contribution in [3.63, 3.8) is 0 Å². The number of hydrogen-bond acceptors (Lipinski definition) is 5. The van der Waals surface area contributed by atoms with Crippen LogP contribution in [0.4, 0.5) is 4.39 Å². The summed E-state index contributed by atoms with van der Waals surface area (Å²) in [5.41, 5.74) is -0.208. The SMILES string of the molecule is COC(=O)C1(Oc2c[c]([Sn]([CH3])([CH3])[CH3])nc(-c3ccc(F)cc3)n2)CC1. The Kier molecular flexibility index (Phi) is 4.74. The molecule has 5 nitrogen and oxygen atoms in total. The van der Waals surface area contributed by atoms with Crippen molar-refractivity contribution in [2.24, 2.45) is 0 Å². The molecule has 1 saturated carbocycles. The van der Waals surface area contributed by atoms with E-state index in [2.05, 4.69) is 24.8 Å². The topological polar surface area (TPSA) is 61.3 Å². The van der Waals surface area contributed by atoms with Crippen molar-refractivity contribution in [1.29, 1.82) is 0 Å². The predicted octanol–water partition coefficient (Wildman–Crippen LogP) is 2.91. The Morgan fingerprint density at radius 1 is 1.16 bits per heavy atom. The second kappa shape index (κ2) is 6.55. The van der Waals surface area contributed by atoms with Gasteiger partial charge in [-0.1, -0.05) is 0 Å². The Balaban J connectivity index is 2.02. The van der Waals surface area contributed by atoms with E-state index in [9.17, 15) is 9.18 Å². The Labute approximate surface area is 150 Å². The molecule has 1 heterocycles. The van der Waals surface area contributed by atoms with Crippen LogP contribution < -0.4 is 8.45 Å². The van der Waals surface area contributed by atoms with Crippen LogP contribution >= 0.6 is 0 Å². The number of carbonyl (C=O) groups excluding carboxylic acids is 1. The van der Waals surface area contributed by atoms with E-state index in [4.69, 9.17) is 9.47 Å². The molecule has 0 unspecified atom stereocenters. The fourth-order valence-corrected chi connectivity index (χ4v) is 5.28. The third-order valence-corrected chi connectivity index (χ3v) is 9.25.